The Morgan fingerprint density at radius 3 is 2.19 bits per heavy atom. The van der Waals surface area contributed by atoms with Gasteiger partial charge in [-0.05, 0) is 61.4 Å². The number of carbonyl (C=O) groups excluding carboxylic acids is 1. The molecule has 4 aromatic rings. The van der Waals surface area contributed by atoms with E-state index in [9.17, 15) is 4.79 Å². The molecule has 262 valence electrons. The van der Waals surface area contributed by atoms with Gasteiger partial charge in [-0.1, -0.05) is 47.5 Å². The highest BCUT2D eigenvalue weighted by atomic mass is 35.5. The number of aryl methyl sites for hydroxylation is 2. The Morgan fingerprint density at radius 2 is 1.60 bits per heavy atom. The Kier molecular flexibility index (Phi) is 16.1. The molecule has 2 saturated heterocycles. The lowest BCUT2D eigenvalue weighted by molar-refractivity contribution is -0.189. The van der Waals surface area contributed by atoms with Gasteiger partial charge in [0.2, 0.25) is 11.7 Å². The standard InChI is InChI=1S/C32H34Cl2N4O3.C2H5NO.3ClH/c1-23-4-3-5-24(2)31(23)38-16-14-37(15-17-38)26-7-9-27(10-8-26)39-19-28-20-40-32(41-28,21-36-13-12-35-22-36)29-11-6-25(33)18-30(29)34;1-2(3)4;;;/h3-13,18,22,28H,14-17,19-21H2,1-2H3;1H3,(H2,3,4);3*1H. The van der Waals surface area contributed by atoms with Gasteiger partial charge in [0.15, 0.2) is 0 Å². The summed E-state index contributed by atoms with van der Waals surface area (Å²) in [5.74, 6) is -0.609. The van der Waals surface area contributed by atoms with Gasteiger partial charge < -0.3 is 34.3 Å². The molecule has 0 radical (unpaired) electrons. The molecule has 0 aliphatic carbocycles. The molecule has 2 aliphatic rings. The second kappa shape index (κ2) is 18.8. The minimum atomic E-state index is -1.07. The molecule has 0 spiro atoms. The Balaban J connectivity index is 0.00000108. The number of nitrogens with two attached hydrogens (primary N) is 1. The molecule has 14 heteroatoms. The van der Waals surface area contributed by atoms with Crippen LogP contribution in [-0.4, -0.2) is 61.0 Å². The van der Waals surface area contributed by atoms with Crippen molar-refractivity contribution in [3.63, 3.8) is 0 Å². The van der Waals surface area contributed by atoms with Gasteiger partial charge in [-0.15, -0.1) is 37.2 Å². The number of imidazole rings is 1. The first-order valence-electron chi connectivity index (χ1n) is 14.9. The summed E-state index contributed by atoms with van der Waals surface area (Å²) in [7, 11) is 0. The molecular formula is C34H42Cl5N5O4. The maximum atomic E-state index is 9.22. The van der Waals surface area contributed by atoms with Crippen LogP contribution in [0, 0.1) is 13.8 Å². The molecule has 0 bridgehead atoms. The lowest BCUT2D eigenvalue weighted by Crippen LogP contribution is -2.47. The molecule has 3 aromatic carbocycles. The van der Waals surface area contributed by atoms with E-state index < -0.39 is 5.79 Å². The predicted molar refractivity (Wildman–Crippen MR) is 200 cm³/mol. The third-order valence-electron chi connectivity index (χ3n) is 7.82. The Labute approximate surface area is 310 Å². The van der Waals surface area contributed by atoms with E-state index in [1.165, 1.54) is 29.4 Å². The van der Waals surface area contributed by atoms with Crippen molar-refractivity contribution >= 4 is 77.7 Å². The van der Waals surface area contributed by atoms with Crippen LogP contribution in [0.5, 0.6) is 5.75 Å². The van der Waals surface area contributed by atoms with Crippen LogP contribution in [0.1, 0.15) is 23.6 Å². The average molecular weight is 762 g/mol. The van der Waals surface area contributed by atoms with Crippen LogP contribution in [0.15, 0.2) is 79.4 Å². The van der Waals surface area contributed by atoms with Crippen molar-refractivity contribution in [2.75, 3.05) is 49.2 Å². The van der Waals surface area contributed by atoms with Crippen LogP contribution in [0.4, 0.5) is 11.4 Å². The van der Waals surface area contributed by atoms with Crippen molar-refractivity contribution in [3.8, 4) is 5.75 Å². The topological polar surface area (TPSA) is 95.1 Å². The maximum absolute atomic E-state index is 9.22. The number of amides is 1. The van der Waals surface area contributed by atoms with Crippen molar-refractivity contribution in [1.82, 2.24) is 9.55 Å². The van der Waals surface area contributed by atoms with Gasteiger partial charge in [-0.2, -0.15) is 0 Å². The van der Waals surface area contributed by atoms with Crippen LogP contribution < -0.4 is 20.3 Å². The predicted octanol–water partition coefficient (Wildman–Crippen LogP) is 7.24. The zero-order chi connectivity index (χ0) is 32.0. The fraction of sp³-hybridized carbons (Fsp3) is 0.353. The number of hydrogen-bond donors (Lipinski definition) is 1. The number of nitrogens with zero attached hydrogens (tertiary/aromatic N) is 4. The normalized spacial score (nSPS) is 18.4. The summed E-state index contributed by atoms with van der Waals surface area (Å²) in [6.07, 6.45) is 5.05. The third kappa shape index (κ3) is 10.3. The average Bonchev–Trinajstić information content (AvgIpc) is 3.67. The van der Waals surface area contributed by atoms with Gasteiger partial charge in [-0.3, -0.25) is 4.79 Å². The summed E-state index contributed by atoms with van der Waals surface area (Å²) >= 11 is 12.7. The fourth-order valence-electron chi connectivity index (χ4n) is 5.81. The fourth-order valence-corrected chi connectivity index (χ4v) is 6.36. The van der Waals surface area contributed by atoms with Gasteiger partial charge in [-0.25, -0.2) is 4.98 Å². The Hall–Kier alpha value is -2.89. The second-order valence-electron chi connectivity index (χ2n) is 11.3. The molecule has 9 nitrogen and oxygen atoms in total. The van der Waals surface area contributed by atoms with Crippen LogP contribution in [0.25, 0.3) is 0 Å². The SMILES string of the molecule is CC(N)=O.Cc1cccc(C)c1N1CCN(c2ccc(OCC3COC(Cn4ccnc4)(c4ccc(Cl)cc4Cl)O3)cc2)CC1.Cl.Cl.Cl. The number of ether oxygens (including phenoxy) is 3. The lowest BCUT2D eigenvalue weighted by Gasteiger charge is -2.38. The Morgan fingerprint density at radius 1 is 0.979 bits per heavy atom. The first kappa shape index (κ1) is 41.3. The van der Waals surface area contributed by atoms with Gasteiger partial charge in [0.25, 0.3) is 0 Å². The number of benzene rings is 3. The van der Waals surface area contributed by atoms with E-state index in [0.29, 0.717) is 29.8 Å². The number of rotatable bonds is 8. The van der Waals surface area contributed by atoms with Crippen molar-refractivity contribution < 1.29 is 19.0 Å². The highest BCUT2D eigenvalue weighted by Gasteiger charge is 2.45. The van der Waals surface area contributed by atoms with Crippen LogP contribution in [-0.2, 0) is 26.6 Å². The number of aromatic nitrogens is 2. The number of primary amides is 1. The summed E-state index contributed by atoms with van der Waals surface area (Å²) in [4.78, 5) is 18.3. The number of hydrogen-bond acceptors (Lipinski definition) is 7. The smallest absolute Gasteiger partial charge is 0.215 e. The third-order valence-corrected chi connectivity index (χ3v) is 8.37. The largest absolute Gasteiger partial charge is 0.491 e. The second-order valence-corrected chi connectivity index (χ2v) is 12.1. The van der Waals surface area contributed by atoms with E-state index in [2.05, 4.69) is 64.7 Å². The molecule has 1 aromatic heterocycles. The van der Waals surface area contributed by atoms with Gasteiger partial charge in [0.05, 0.1) is 24.5 Å². The number of halogens is 5. The highest BCUT2D eigenvalue weighted by molar-refractivity contribution is 6.35. The van der Waals surface area contributed by atoms with E-state index in [1.807, 2.05) is 29.0 Å². The van der Waals surface area contributed by atoms with Crippen molar-refractivity contribution in [2.24, 2.45) is 5.73 Å². The lowest BCUT2D eigenvalue weighted by atomic mass is 10.1. The van der Waals surface area contributed by atoms with Crippen molar-refractivity contribution in [2.45, 2.75) is 39.2 Å². The summed E-state index contributed by atoms with van der Waals surface area (Å²) in [5.41, 5.74) is 10.5. The molecule has 1 amide bonds. The van der Waals surface area contributed by atoms with Crippen LogP contribution >= 0.6 is 60.4 Å². The molecule has 2 fully saturated rings. The summed E-state index contributed by atoms with van der Waals surface area (Å²) in [6.45, 7) is 10.8. The monoisotopic (exact) mass is 759 g/mol. The van der Waals surface area contributed by atoms with Gasteiger partial charge in [0.1, 0.15) is 18.5 Å². The molecule has 0 saturated carbocycles. The van der Waals surface area contributed by atoms with Crippen LogP contribution in [0.2, 0.25) is 10.0 Å². The molecule has 2 N–H and O–H groups in total. The van der Waals surface area contributed by atoms with Crippen molar-refractivity contribution in [1.29, 1.82) is 0 Å². The van der Waals surface area contributed by atoms with E-state index in [4.69, 9.17) is 37.4 Å². The highest BCUT2D eigenvalue weighted by Crippen LogP contribution is 2.40. The molecule has 2 aliphatic heterocycles. The zero-order valence-electron chi connectivity index (χ0n) is 27.0. The van der Waals surface area contributed by atoms with E-state index in [1.54, 1.807) is 24.7 Å². The molecule has 3 heterocycles. The van der Waals surface area contributed by atoms with E-state index in [-0.39, 0.29) is 49.2 Å². The first-order valence-corrected chi connectivity index (χ1v) is 15.7. The number of anilines is 2. The zero-order valence-corrected chi connectivity index (χ0v) is 31.0. The molecule has 6 rings (SSSR count). The quantitative estimate of drug-likeness (QED) is 0.203. The first-order chi connectivity index (χ1) is 21.6. The summed E-state index contributed by atoms with van der Waals surface area (Å²) in [5, 5.41) is 1.05. The molecule has 2 unspecified atom stereocenters. The number of para-hydroxylation sites is 1. The Bertz CT molecular complexity index is 1560. The van der Waals surface area contributed by atoms with Gasteiger partial charge in [0, 0.05) is 67.5 Å². The maximum Gasteiger partial charge on any atom is 0.215 e. The summed E-state index contributed by atoms with van der Waals surface area (Å²) < 4.78 is 20.8. The minimum Gasteiger partial charge on any atom is -0.491 e. The van der Waals surface area contributed by atoms with Crippen molar-refractivity contribution in [3.05, 3.63) is 106 Å². The molecule has 48 heavy (non-hydrogen) atoms. The minimum absolute atomic E-state index is 0. The van der Waals surface area contributed by atoms with E-state index >= 15 is 0 Å². The number of carbonyl (C=O) groups is 1. The molecular weight excluding hydrogens is 720 g/mol. The number of piperazine rings is 1. The van der Waals surface area contributed by atoms with Gasteiger partial charge >= 0.3 is 0 Å². The molecule has 2 atom stereocenters. The van der Waals surface area contributed by atoms with E-state index in [0.717, 1.165) is 37.5 Å². The summed E-state index contributed by atoms with van der Waals surface area (Å²) in [6, 6.07) is 20.2. The van der Waals surface area contributed by atoms with Crippen LogP contribution in [0.3, 0.4) is 0 Å².